The highest BCUT2D eigenvalue weighted by atomic mass is 16.7. The van der Waals surface area contributed by atoms with E-state index in [1.165, 1.54) is 7.11 Å². The maximum atomic E-state index is 11.2. The van der Waals surface area contributed by atoms with E-state index in [2.05, 4.69) is 4.74 Å². The molecule has 0 radical (unpaired) electrons. The molecule has 0 amide bonds. The van der Waals surface area contributed by atoms with Crippen molar-refractivity contribution in [3.05, 3.63) is 71.8 Å². The van der Waals surface area contributed by atoms with Gasteiger partial charge in [0.15, 0.2) is 6.29 Å². The molecule has 0 spiro atoms. The van der Waals surface area contributed by atoms with Gasteiger partial charge in [0.1, 0.15) is 18.3 Å². The summed E-state index contributed by atoms with van der Waals surface area (Å²) in [6, 6.07) is 19.7. The summed E-state index contributed by atoms with van der Waals surface area (Å²) in [5.41, 5.74) is 2.05. The van der Waals surface area contributed by atoms with Gasteiger partial charge in [-0.25, -0.2) is 0 Å². The van der Waals surface area contributed by atoms with Crippen LogP contribution in [-0.4, -0.2) is 55.5 Å². The van der Waals surface area contributed by atoms with Gasteiger partial charge in [-0.3, -0.25) is 4.79 Å². The van der Waals surface area contributed by atoms with Crippen LogP contribution in [0.4, 0.5) is 0 Å². The summed E-state index contributed by atoms with van der Waals surface area (Å²) in [4.78, 5) is 11.2. The number of methoxy groups -OCH3 is 1. The highest BCUT2D eigenvalue weighted by molar-refractivity contribution is 5.68. The Morgan fingerprint density at radius 3 is 2.03 bits per heavy atom. The van der Waals surface area contributed by atoms with Crippen molar-refractivity contribution < 1.29 is 33.6 Å². The van der Waals surface area contributed by atoms with Gasteiger partial charge in [0.25, 0.3) is 0 Å². The van der Waals surface area contributed by atoms with Crippen LogP contribution >= 0.6 is 0 Å². The minimum Gasteiger partial charge on any atom is -0.469 e. The van der Waals surface area contributed by atoms with Crippen molar-refractivity contribution in [2.45, 2.75) is 76.5 Å². The summed E-state index contributed by atoms with van der Waals surface area (Å²) in [5, 5.41) is 11.1. The number of benzene rings is 2. The number of esters is 1. The van der Waals surface area contributed by atoms with E-state index in [0.717, 1.165) is 30.4 Å². The first-order chi connectivity index (χ1) is 16.6. The van der Waals surface area contributed by atoms with Crippen molar-refractivity contribution in [1.29, 1.82) is 0 Å². The predicted molar refractivity (Wildman–Crippen MR) is 127 cm³/mol. The summed E-state index contributed by atoms with van der Waals surface area (Å²) in [5.74, 6) is -0.208. The van der Waals surface area contributed by atoms with E-state index in [9.17, 15) is 9.90 Å². The first-order valence-electron chi connectivity index (χ1n) is 11.9. The third-order valence-electron chi connectivity index (χ3n) is 5.86. The van der Waals surface area contributed by atoms with E-state index in [0.29, 0.717) is 26.2 Å². The second-order valence-corrected chi connectivity index (χ2v) is 8.48. The van der Waals surface area contributed by atoms with Gasteiger partial charge in [-0.15, -0.1) is 0 Å². The number of hydrogen-bond donors (Lipinski definition) is 1. The summed E-state index contributed by atoms with van der Waals surface area (Å²) >= 11 is 0. The zero-order chi connectivity index (χ0) is 24.2. The second-order valence-electron chi connectivity index (χ2n) is 8.48. The van der Waals surface area contributed by atoms with E-state index in [4.69, 9.17) is 18.9 Å². The average molecular weight is 473 g/mol. The molecule has 1 heterocycles. The molecule has 186 valence electrons. The lowest BCUT2D eigenvalue weighted by Gasteiger charge is -2.43. The van der Waals surface area contributed by atoms with Crippen LogP contribution in [-0.2, 0) is 41.7 Å². The molecular formula is C27H36O7. The number of aliphatic hydroxyl groups excluding tert-OH is 1. The predicted octanol–water partition coefficient (Wildman–Crippen LogP) is 4.01. The largest absolute Gasteiger partial charge is 0.469 e. The maximum Gasteiger partial charge on any atom is 0.305 e. The van der Waals surface area contributed by atoms with Gasteiger partial charge in [-0.1, -0.05) is 67.1 Å². The van der Waals surface area contributed by atoms with Crippen molar-refractivity contribution in [2.24, 2.45) is 0 Å². The smallest absolute Gasteiger partial charge is 0.305 e. The fourth-order valence-electron chi connectivity index (χ4n) is 3.93. The zero-order valence-corrected chi connectivity index (χ0v) is 20.0. The molecule has 0 saturated carbocycles. The van der Waals surface area contributed by atoms with E-state index in [1.54, 1.807) is 0 Å². The molecule has 7 heteroatoms. The first-order valence-corrected chi connectivity index (χ1v) is 11.9. The Morgan fingerprint density at radius 2 is 1.44 bits per heavy atom. The highest BCUT2D eigenvalue weighted by Gasteiger charge is 2.45. The van der Waals surface area contributed by atoms with Crippen molar-refractivity contribution in [3.8, 4) is 0 Å². The molecule has 1 N–H and O–H groups in total. The van der Waals surface area contributed by atoms with Crippen molar-refractivity contribution in [2.75, 3.05) is 13.7 Å². The fourth-order valence-corrected chi connectivity index (χ4v) is 3.93. The van der Waals surface area contributed by atoms with Crippen LogP contribution in [0.1, 0.15) is 43.7 Å². The number of hydrogen-bond acceptors (Lipinski definition) is 7. The average Bonchev–Trinajstić information content (AvgIpc) is 2.87. The molecule has 0 aliphatic carbocycles. The molecule has 2 aromatic carbocycles. The quantitative estimate of drug-likeness (QED) is 0.348. The van der Waals surface area contributed by atoms with Crippen LogP contribution in [0.3, 0.4) is 0 Å². The van der Waals surface area contributed by atoms with Gasteiger partial charge in [-0.2, -0.15) is 0 Å². The van der Waals surface area contributed by atoms with Gasteiger partial charge in [-0.05, 0) is 30.9 Å². The van der Waals surface area contributed by atoms with E-state index in [-0.39, 0.29) is 12.1 Å². The Kier molecular flexibility index (Phi) is 11.0. The molecule has 2 aromatic rings. The molecule has 7 nitrogen and oxygen atoms in total. The molecule has 0 aromatic heterocycles. The van der Waals surface area contributed by atoms with E-state index in [1.807, 2.05) is 67.6 Å². The van der Waals surface area contributed by atoms with Crippen LogP contribution in [0.25, 0.3) is 0 Å². The summed E-state index contributed by atoms with van der Waals surface area (Å²) in [6.07, 6.45) is -0.521. The summed E-state index contributed by atoms with van der Waals surface area (Å²) < 4.78 is 28.9. The minimum absolute atomic E-state index is 0.208. The maximum absolute atomic E-state index is 11.2. The van der Waals surface area contributed by atoms with Crippen LogP contribution < -0.4 is 0 Å². The molecule has 1 aliphatic heterocycles. The lowest BCUT2D eigenvalue weighted by Crippen LogP contribution is -2.59. The number of ether oxygens (including phenoxy) is 5. The highest BCUT2D eigenvalue weighted by Crippen LogP contribution is 2.28. The van der Waals surface area contributed by atoms with Crippen LogP contribution in [0.15, 0.2) is 60.7 Å². The van der Waals surface area contributed by atoms with Gasteiger partial charge in [0, 0.05) is 13.0 Å². The van der Waals surface area contributed by atoms with Crippen LogP contribution in [0.5, 0.6) is 0 Å². The molecular weight excluding hydrogens is 436 g/mol. The Hall–Kier alpha value is -2.29. The Labute approximate surface area is 201 Å². The van der Waals surface area contributed by atoms with Crippen molar-refractivity contribution in [3.63, 3.8) is 0 Å². The number of aliphatic hydroxyl groups is 1. The number of rotatable bonds is 13. The molecule has 1 fully saturated rings. The normalized spacial score (nSPS) is 24.6. The lowest BCUT2D eigenvalue weighted by molar-refractivity contribution is -0.309. The SMILES string of the molecule is COC(=O)CCCCCO[C@@H]1O[C@@H](C)[C@H](OCc2ccccc2)[C@@H](OCc2ccccc2)[C@H]1O. The molecule has 3 rings (SSSR count). The molecule has 5 atom stereocenters. The third-order valence-corrected chi connectivity index (χ3v) is 5.86. The standard InChI is InChI=1S/C27H36O7/c1-20-25(32-18-21-12-6-3-7-13-21)26(33-19-22-14-8-4-9-15-22)24(29)27(34-20)31-17-11-5-10-16-23(28)30-2/h3-4,6-9,12-15,20,24-27,29H,5,10-11,16-19H2,1-2H3/t20-,24+,25-,26-,27+/m0/s1. The van der Waals surface area contributed by atoms with Gasteiger partial charge >= 0.3 is 5.97 Å². The van der Waals surface area contributed by atoms with Crippen molar-refractivity contribution >= 4 is 5.97 Å². The molecule has 0 unspecified atom stereocenters. The topological polar surface area (TPSA) is 83.5 Å². The lowest BCUT2D eigenvalue weighted by atomic mass is 9.99. The Morgan fingerprint density at radius 1 is 0.853 bits per heavy atom. The van der Waals surface area contributed by atoms with Gasteiger partial charge < -0.3 is 28.8 Å². The molecule has 1 saturated heterocycles. The minimum atomic E-state index is -1.00. The molecule has 1 aliphatic rings. The van der Waals surface area contributed by atoms with E-state index < -0.39 is 24.6 Å². The first kappa shape index (κ1) is 26.3. The van der Waals surface area contributed by atoms with E-state index >= 15 is 0 Å². The van der Waals surface area contributed by atoms with Crippen LogP contribution in [0.2, 0.25) is 0 Å². The fraction of sp³-hybridized carbons (Fsp3) is 0.519. The third kappa shape index (κ3) is 8.18. The zero-order valence-electron chi connectivity index (χ0n) is 20.0. The van der Waals surface area contributed by atoms with Gasteiger partial charge in [0.2, 0.25) is 0 Å². The molecule has 0 bridgehead atoms. The van der Waals surface area contributed by atoms with Crippen LogP contribution in [0, 0.1) is 0 Å². The second kappa shape index (κ2) is 14.2. The number of unbranched alkanes of at least 4 members (excludes halogenated alkanes) is 2. The Balaban J connectivity index is 1.57. The van der Waals surface area contributed by atoms with Gasteiger partial charge in [0.05, 0.1) is 26.4 Å². The Bertz CT molecular complexity index is 829. The number of carbonyl (C=O) groups excluding carboxylic acids is 1. The van der Waals surface area contributed by atoms with Crippen molar-refractivity contribution in [1.82, 2.24) is 0 Å². The number of carbonyl (C=O) groups is 1. The monoisotopic (exact) mass is 472 g/mol. The summed E-state index contributed by atoms with van der Waals surface area (Å²) in [7, 11) is 1.39. The summed E-state index contributed by atoms with van der Waals surface area (Å²) in [6.45, 7) is 3.06. The molecule has 34 heavy (non-hydrogen) atoms.